The molecule has 63 heavy (non-hydrogen) atoms. The first-order valence-corrected chi connectivity index (χ1v) is 22.8. The van der Waals surface area contributed by atoms with Gasteiger partial charge in [-0.15, -0.1) is 0 Å². The van der Waals surface area contributed by atoms with Gasteiger partial charge >= 0.3 is 17.9 Å². The van der Waals surface area contributed by atoms with Gasteiger partial charge < -0.3 is 83.9 Å². The third-order valence-corrected chi connectivity index (χ3v) is 11.4. The molecule has 3 heterocycles. The summed E-state index contributed by atoms with van der Waals surface area (Å²) in [7, 11) is 0. The van der Waals surface area contributed by atoms with E-state index in [9.17, 15) is 55.2 Å². The van der Waals surface area contributed by atoms with E-state index in [0.29, 0.717) is 32.1 Å². The minimum Gasteiger partial charge on any atom is -0.479 e. The molecule has 20 nitrogen and oxygen atoms in total. The van der Waals surface area contributed by atoms with E-state index in [1.54, 1.807) is 0 Å². The first-order chi connectivity index (χ1) is 30.0. The third-order valence-electron chi connectivity index (χ3n) is 11.4. The maximum absolute atomic E-state index is 12.2. The van der Waals surface area contributed by atoms with Crippen LogP contribution in [0.3, 0.4) is 0 Å². The summed E-state index contributed by atoms with van der Waals surface area (Å²) in [6.45, 7) is 3.68. The number of aliphatic hydroxyl groups excluding tert-OH is 8. The smallest absolute Gasteiger partial charge is 0.332 e. The Morgan fingerprint density at radius 3 is 1.76 bits per heavy atom. The number of unbranched alkanes of at least 4 members (excludes halogenated alkanes) is 11. The van der Waals surface area contributed by atoms with Crippen molar-refractivity contribution in [3.8, 4) is 0 Å². The van der Waals surface area contributed by atoms with E-state index < -0.39 is 123 Å². The van der Waals surface area contributed by atoms with E-state index >= 15 is 0 Å². The van der Waals surface area contributed by atoms with Crippen LogP contribution in [0.4, 0.5) is 0 Å². The average molecular weight is 913 g/mol. The Balaban J connectivity index is 1.45. The predicted molar refractivity (Wildman–Crippen MR) is 219 cm³/mol. The molecule has 15 unspecified atom stereocenters. The second kappa shape index (κ2) is 29.5. The molecular formula is C43H76O20. The van der Waals surface area contributed by atoms with Gasteiger partial charge in [0.25, 0.3) is 0 Å². The van der Waals surface area contributed by atoms with Crippen LogP contribution in [0.25, 0.3) is 0 Å². The number of carbonyl (C=O) groups excluding carboxylic acids is 2. The molecule has 3 fully saturated rings. The summed E-state index contributed by atoms with van der Waals surface area (Å²) in [5, 5.41) is 93.4. The van der Waals surface area contributed by atoms with Gasteiger partial charge in [0.05, 0.1) is 19.3 Å². The van der Waals surface area contributed by atoms with Gasteiger partial charge in [0.2, 0.25) is 0 Å². The Hall–Kier alpha value is -2.15. The van der Waals surface area contributed by atoms with Crippen molar-refractivity contribution >= 4 is 17.9 Å². The number of carboxylic acid groups (broad SMARTS) is 1. The van der Waals surface area contributed by atoms with Crippen LogP contribution in [-0.4, -0.2) is 182 Å². The van der Waals surface area contributed by atoms with E-state index in [2.05, 4.69) is 0 Å². The minimum absolute atomic E-state index is 0.0161. The second-order valence-corrected chi connectivity index (χ2v) is 17.4. The Morgan fingerprint density at radius 1 is 0.635 bits per heavy atom. The molecule has 20 heteroatoms. The number of carbonyl (C=O) groups is 3. The van der Waals surface area contributed by atoms with Crippen molar-refractivity contribution in [3.05, 3.63) is 0 Å². The number of aliphatic hydroxyl groups is 8. The summed E-state index contributed by atoms with van der Waals surface area (Å²) in [6, 6.07) is 0. The Kier molecular flexibility index (Phi) is 25.8. The van der Waals surface area contributed by atoms with E-state index in [1.807, 2.05) is 13.8 Å². The molecule has 15 atom stereocenters. The Morgan fingerprint density at radius 2 is 1.17 bits per heavy atom. The fourth-order valence-corrected chi connectivity index (χ4v) is 7.69. The highest BCUT2D eigenvalue weighted by molar-refractivity contribution is 5.71. The monoisotopic (exact) mass is 912 g/mol. The molecule has 0 spiro atoms. The van der Waals surface area contributed by atoms with Crippen molar-refractivity contribution in [3.63, 3.8) is 0 Å². The van der Waals surface area contributed by atoms with Crippen LogP contribution in [0, 0.1) is 5.92 Å². The Bertz CT molecular complexity index is 1290. The zero-order valence-corrected chi connectivity index (χ0v) is 37.1. The summed E-state index contributed by atoms with van der Waals surface area (Å²) < 4.78 is 45.5. The highest BCUT2D eigenvalue weighted by atomic mass is 16.8. The predicted octanol–water partition coefficient (Wildman–Crippen LogP) is 0.945. The SMILES string of the molecule is CC(=O)OC1COC(OC2C(OCCCCC(O)CCCCCCCCCCCCCC(O)C(=O)O)OCC(O)C2O)C(OC2OC(COC(=O)CC(C)C)C(O)C(O)C2O)C1O. The normalized spacial score (nSPS) is 32.3. The van der Waals surface area contributed by atoms with Crippen LogP contribution in [-0.2, 0) is 52.3 Å². The highest BCUT2D eigenvalue weighted by Gasteiger charge is 2.52. The van der Waals surface area contributed by atoms with Crippen molar-refractivity contribution in [2.75, 3.05) is 26.4 Å². The van der Waals surface area contributed by atoms with Gasteiger partial charge in [-0.25, -0.2) is 4.79 Å². The number of ether oxygens (including phenoxy) is 8. The number of hydrogen-bond acceptors (Lipinski definition) is 19. The molecule has 3 aliphatic rings. The van der Waals surface area contributed by atoms with Crippen molar-refractivity contribution in [1.29, 1.82) is 0 Å². The van der Waals surface area contributed by atoms with E-state index in [4.69, 9.17) is 43.0 Å². The van der Waals surface area contributed by atoms with Crippen molar-refractivity contribution in [2.45, 2.75) is 222 Å². The standard InChI is InChI=1S/C43H76O20/c1-25(2)21-32(48)57-23-30-34(50)36(52)37(53)41(61-30)62-39-35(51)31(60-26(3)44)24-59-43(39)63-38-33(49)29(47)22-58-42(38)56-20-16-15-18-27(45)17-13-11-9-7-5-4-6-8-10-12-14-19-28(46)40(54)55/h25,27-31,33-39,41-43,45-47,49-53H,4-24H2,1-3H3,(H,54,55). The van der Waals surface area contributed by atoms with Gasteiger partial charge in [-0.05, 0) is 38.0 Å². The molecular weight excluding hydrogens is 836 g/mol. The van der Waals surface area contributed by atoms with Gasteiger partial charge in [0.15, 0.2) is 31.1 Å². The first kappa shape index (κ1) is 55.2. The van der Waals surface area contributed by atoms with E-state index in [-0.39, 0.29) is 25.6 Å². The lowest BCUT2D eigenvalue weighted by Gasteiger charge is -2.46. The lowest BCUT2D eigenvalue weighted by atomic mass is 9.98. The average Bonchev–Trinajstić information content (AvgIpc) is 3.22. The first-order valence-electron chi connectivity index (χ1n) is 22.8. The zero-order chi connectivity index (χ0) is 46.5. The molecule has 9 N–H and O–H groups in total. The van der Waals surface area contributed by atoms with Crippen LogP contribution in [0.2, 0.25) is 0 Å². The lowest BCUT2D eigenvalue weighted by molar-refractivity contribution is -0.378. The summed E-state index contributed by atoms with van der Waals surface area (Å²) in [4.78, 5) is 34.7. The molecule has 0 aromatic carbocycles. The number of esters is 2. The number of aliphatic carboxylic acids is 1. The van der Waals surface area contributed by atoms with E-state index in [1.165, 1.54) is 0 Å². The van der Waals surface area contributed by atoms with E-state index in [0.717, 1.165) is 77.6 Å². The maximum atomic E-state index is 12.2. The largest absolute Gasteiger partial charge is 0.479 e. The number of hydrogen-bond donors (Lipinski definition) is 9. The highest BCUT2D eigenvalue weighted by Crippen LogP contribution is 2.32. The molecule has 3 rings (SSSR count). The van der Waals surface area contributed by atoms with Gasteiger partial charge in [0, 0.05) is 20.0 Å². The molecule has 0 radical (unpaired) electrons. The second-order valence-electron chi connectivity index (χ2n) is 17.4. The van der Waals surface area contributed by atoms with Crippen LogP contribution in [0.15, 0.2) is 0 Å². The molecule has 368 valence electrons. The molecule has 3 saturated heterocycles. The lowest BCUT2D eigenvalue weighted by Crippen LogP contribution is -2.64. The van der Waals surface area contributed by atoms with Gasteiger partial charge in [-0.2, -0.15) is 0 Å². The summed E-state index contributed by atoms with van der Waals surface area (Å²) in [5.74, 6) is -2.52. The molecule has 0 aromatic rings. The quantitative estimate of drug-likeness (QED) is 0.0358. The number of carboxylic acids is 1. The van der Waals surface area contributed by atoms with Crippen LogP contribution < -0.4 is 0 Å². The molecule has 3 aliphatic heterocycles. The topological polar surface area (TPSA) is 307 Å². The zero-order valence-electron chi connectivity index (χ0n) is 37.1. The molecule has 0 amide bonds. The van der Waals surface area contributed by atoms with Gasteiger partial charge in [-0.1, -0.05) is 84.5 Å². The molecule has 0 aliphatic carbocycles. The molecule has 0 saturated carbocycles. The minimum atomic E-state index is -1.89. The van der Waals surface area contributed by atoms with Crippen molar-refractivity contribution in [1.82, 2.24) is 0 Å². The third kappa shape index (κ3) is 19.7. The van der Waals surface area contributed by atoms with Crippen LogP contribution in [0.1, 0.15) is 130 Å². The van der Waals surface area contributed by atoms with Crippen LogP contribution >= 0.6 is 0 Å². The summed E-state index contributed by atoms with van der Waals surface area (Å²) >= 11 is 0. The van der Waals surface area contributed by atoms with Gasteiger partial charge in [0.1, 0.15) is 61.5 Å². The van der Waals surface area contributed by atoms with Gasteiger partial charge in [-0.3, -0.25) is 9.59 Å². The van der Waals surface area contributed by atoms with Crippen LogP contribution in [0.5, 0.6) is 0 Å². The Labute approximate surface area is 370 Å². The number of rotatable bonds is 30. The van der Waals surface area contributed by atoms with Crippen molar-refractivity contribution in [2.24, 2.45) is 5.92 Å². The fourth-order valence-electron chi connectivity index (χ4n) is 7.69. The fraction of sp³-hybridized carbons (Fsp3) is 0.930. The molecule has 0 aromatic heterocycles. The molecule has 0 bridgehead atoms. The summed E-state index contributed by atoms with van der Waals surface area (Å²) in [5.41, 5.74) is 0. The summed E-state index contributed by atoms with van der Waals surface area (Å²) in [6.07, 6.45) is -7.89. The maximum Gasteiger partial charge on any atom is 0.332 e. The van der Waals surface area contributed by atoms with Crippen molar-refractivity contribution < 1.29 is 98.2 Å².